The molecule has 1 aromatic carbocycles. The van der Waals surface area contributed by atoms with E-state index in [0.717, 1.165) is 23.2 Å². The van der Waals surface area contributed by atoms with Gasteiger partial charge in [0.2, 0.25) is 0 Å². The van der Waals surface area contributed by atoms with E-state index in [9.17, 15) is 4.79 Å². The molecule has 3 nitrogen and oxygen atoms in total. The summed E-state index contributed by atoms with van der Waals surface area (Å²) in [5.41, 5.74) is 3.52. The minimum absolute atomic E-state index is 0.269. The Balaban J connectivity index is 2.30. The van der Waals surface area contributed by atoms with Gasteiger partial charge in [0.25, 0.3) is 8.32 Å². The van der Waals surface area contributed by atoms with Crippen molar-refractivity contribution in [3.8, 4) is 5.75 Å². The van der Waals surface area contributed by atoms with Gasteiger partial charge >= 0.3 is 0 Å². The number of hydrogen-bond acceptors (Lipinski definition) is 3. The maximum absolute atomic E-state index is 11.6. The first-order chi connectivity index (χ1) is 12.3. The van der Waals surface area contributed by atoms with E-state index in [1.165, 1.54) is 0 Å². The highest BCUT2D eigenvalue weighted by Gasteiger charge is 2.46. The number of nitrogens with zero attached hydrogens (tertiary/aromatic N) is 1. The topological polar surface area (TPSA) is 39.2 Å². The molecule has 2 rings (SSSR count). The third-order valence-electron chi connectivity index (χ3n) is 5.44. The molecule has 0 amide bonds. The lowest BCUT2D eigenvalue weighted by molar-refractivity contribution is -0.108. The number of aldehydes is 1. The maximum atomic E-state index is 11.6. The van der Waals surface area contributed by atoms with Crippen LogP contribution in [0.25, 0.3) is 0 Å². The van der Waals surface area contributed by atoms with Gasteiger partial charge in [-0.05, 0) is 52.0 Å². The van der Waals surface area contributed by atoms with Crippen LogP contribution in [0.4, 0.5) is 0 Å². The summed E-state index contributed by atoms with van der Waals surface area (Å²) in [6, 6.07) is 11.8. The summed E-state index contributed by atoms with van der Waals surface area (Å²) < 4.78 is 6.70. The van der Waals surface area contributed by atoms with E-state index in [1.54, 1.807) is 12.4 Å². The van der Waals surface area contributed by atoms with Crippen molar-refractivity contribution in [3.05, 3.63) is 59.9 Å². The Kier molecular flexibility index (Phi) is 6.76. The van der Waals surface area contributed by atoms with Gasteiger partial charge in [-0.15, -0.1) is 0 Å². The van der Waals surface area contributed by atoms with E-state index in [4.69, 9.17) is 4.43 Å². The number of pyridine rings is 1. The highest BCUT2D eigenvalue weighted by Crippen LogP contribution is 2.42. The van der Waals surface area contributed by atoms with Crippen molar-refractivity contribution < 1.29 is 9.22 Å². The van der Waals surface area contributed by atoms with Gasteiger partial charge in [0, 0.05) is 12.4 Å². The van der Waals surface area contributed by atoms with Crippen molar-refractivity contribution in [1.82, 2.24) is 4.98 Å². The average Bonchev–Trinajstić information content (AvgIpc) is 2.61. The minimum atomic E-state index is -1.96. The van der Waals surface area contributed by atoms with Crippen LogP contribution in [0.15, 0.2) is 48.8 Å². The van der Waals surface area contributed by atoms with E-state index < -0.39 is 8.32 Å². The maximum Gasteiger partial charge on any atom is 0.258 e. The summed E-state index contributed by atoms with van der Waals surface area (Å²) in [6.45, 7) is 13.7. The van der Waals surface area contributed by atoms with Gasteiger partial charge < -0.3 is 9.22 Å². The first kappa shape index (κ1) is 20.4. The van der Waals surface area contributed by atoms with Gasteiger partial charge in [-0.25, -0.2) is 0 Å². The van der Waals surface area contributed by atoms with Crippen LogP contribution in [0, 0.1) is 0 Å². The van der Waals surface area contributed by atoms with Gasteiger partial charge in [0.15, 0.2) is 0 Å². The largest absolute Gasteiger partial charge is 0.543 e. The molecule has 140 valence electrons. The summed E-state index contributed by atoms with van der Waals surface area (Å²) in [7, 11) is -1.96. The smallest absolute Gasteiger partial charge is 0.258 e. The molecule has 0 N–H and O–H groups in total. The molecule has 0 saturated heterocycles. The van der Waals surface area contributed by atoms with Gasteiger partial charge in [0.1, 0.15) is 12.0 Å². The molecule has 1 aromatic heterocycles. The van der Waals surface area contributed by atoms with E-state index in [2.05, 4.69) is 46.5 Å². The molecule has 0 aliphatic carbocycles. The van der Waals surface area contributed by atoms with Crippen LogP contribution >= 0.6 is 0 Å². The number of carbonyl (C=O) groups excluding carboxylic acids is 1. The lowest BCUT2D eigenvalue weighted by Crippen LogP contribution is -2.50. The Morgan fingerprint density at radius 2 is 1.27 bits per heavy atom. The Labute approximate surface area is 159 Å². The number of aromatic nitrogens is 1. The van der Waals surface area contributed by atoms with Crippen LogP contribution < -0.4 is 4.43 Å². The average molecular weight is 370 g/mol. The lowest BCUT2D eigenvalue weighted by atomic mass is 9.93. The minimum Gasteiger partial charge on any atom is -0.543 e. The second-order valence-electron chi connectivity index (χ2n) is 7.88. The zero-order valence-corrected chi connectivity index (χ0v) is 17.8. The molecule has 1 atom stereocenters. The molecule has 0 fully saturated rings. The Morgan fingerprint density at radius 3 is 1.69 bits per heavy atom. The third-order valence-corrected chi connectivity index (χ3v) is 11.4. The van der Waals surface area contributed by atoms with Gasteiger partial charge in [-0.2, -0.15) is 0 Å². The Morgan fingerprint density at radius 1 is 0.808 bits per heavy atom. The molecule has 0 bridgehead atoms. The SMILES string of the molecule is CC(C)[Si](Oc1ccc(C(C=O)c2ccncc2)cc1)(C(C)C)C(C)C. The monoisotopic (exact) mass is 369 g/mol. The number of benzene rings is 1. The third kappa shape index (κ3) is 4.06. The summed E-state index contributed by atoms with van der Waals surface area (Å²) in [4.78, 5) is 15.7. The molecule has 0 saturated carbocycles. The summed E-state index contributed by atoms with van der Waals surface area (Å²) >= 11 is 0. The molecule has 0 radical (unpaired) electrons. The first-order valence-electron chi connectivity index (χ1n) is 9.47. The Hall–Kier alpha value is -1.94. The van der Waals surface area contributed by atoms with Crippen LogP contribution in [0.3, 0.4) is 0 Å². The molecule has 1 heterocycles. The highest BCUT2D eigenvalue weighted by atomic mass is 28.4. The van der Waals surface area contributed by atoms with Crippen molar-refractivity contribution in [2.45, 2.75) is 64.1 Å². The van der Waals surface area contributed by atoms with Crippen LogP contribution in [-0.2, 0) is 4.79 Å². The zero-order chi connectivity index (χ0) is 19.3. The molecular weight excluding hydrogens is 338 g/mol. The van der Waals surface area contributed by atoms with Crippen molar-refractivity contribution in [3.63, 3.8) is 0 Å². The van der Waals surface area contributed by atoms with Gasteiger partial charge in [0.05, 0.1) is 5.92 Å². The van der Waals surface area contributed by atoms with E-state index in [1.807, 2.05) is 36.4 Å². The number of rotatable bonds is 8. The summed E-state index contributed by atoms with van der Waals surface area (Å²) in [5.74, 6) is 0.644. The van der Waals surface area contributed by atoms with Crippen LogP contribution in [0.1, 0.15) is 58.6 Å². The second kappa shape index (κ2) is 8.63. The number of hydrogen-bond donors (Lipinski definition) is 0. The van der Waals surface area contributed by atoms with Crippen molar-refractivity contribution in [1.29, 1.82) is 0 Å². The van der Waals surface area contributed by atoms with Gasteiger partial charge in [-0.3, -0.25) is 4.98 Å². The normalized spacial score (nSPS) is 13.3. The summed E-state index contributed by atoms with van der Waals surface area (Å²) in [6.07, 6.45) is 4.43. The molecule has 26 heavy (non-hydrogen) atoms. The Bertz CT molecular complexity index is 674. The lowest BCUT2D eigenvalue weighted by Gasteiger charge is -2.42. The number of carbonyl (C=O) groups is 1. The standard InChI is InChI=1S/C22H31NO2Si/c1-16(2)26(17(3)4,18(5)6)25-21-9-7-19(8-10-21)22(15-24)20-11-13-23-14-12-20/h7-18,22H,1-6H3. The predicted octanol–water partition coefficient (Wildman–Crippen LogP) is 5.97. The van der Waals surface area contributed by atoms with Gasteiger partial charge in [-0.1, -0.05) is 53.7 Å². The quantitative estimate of drug-likeness (QED) is 0.425. The van der Waals surface area contributed by atoms with Crippen LogP contribution in [-0.4, -0.2) is 19.6 Å². The van der Waals surface area contributed by atoms with Crippen LogP contribution in [0.5, 0.6) is 5.75 Å². The second-order valence-corrected chi connectivity index (χ2v) is 13.3. The van der Waals surface area contributed by atoms with E-state index >= 15 is 0 Å². The fraction of sp³-hybridized carbons (Fsp3) is 0.455. The molecule has 0 spiro atoms. The molecule has 1 unspecified atom stereocenters. The zero-order valence-electron chi connectivity index (χ0n) is 16.8. The van der Waals surface area contributed by atoms with Crippen LogP contribution in [0.2, 0.25) is 16.6 Å². The van der Waals surface area contributed by atoms with Crippen molar-refractivity contribution in [2.24, 2.45) is 0 Å². The summed E-state index contributed by atoms with van der Waals surface area (Å²) in [5, 5.41) is 0. The predicted molar refractivity (Wildman–Crippen MR) is 110 cm³/mol. The van der Waals surface area contributed by atoms with E-state index in [-0.39, 0.29) is 5.92 Å². The molecule has 0 aliphatic rings. The fourth-order valence-electron chi connectivity index (χ4n) is 4.22. The van der Waals surface area contributed by atoms with Crippen molar-refractivity contribution >= 4 is 14.6 Å². The molecule has 2 aromatic rings. The first-order valence-corrected chi connectivity index (χ1v) is 11.6. The molecular formula is C22H31NO2Si. The van der Waals surface area contributed by atoms with Crippen molar-refractivity contribution in [2.75, 3.05) is 0 Å². The highest BCUT2D eigenvalue weighted by molar-refractivity contribution is 6.78. The molecule has 4 heteroatoms. The van der Waals surface area contributed by atoms with E-state index in [0.29, 0.717) is 16.6 Å². The fourth-order valence-corrected chi connectivity index (χ4v) is 9.47. The molecule has 0 aliphatic heterocycles.